The molecular formula is C18H20ClN3O2. The van der Waals surface area contributed by atoms with Gasteiger partial charge in [-0.2, -0.15) is 0 Å². The Morgan fingerprint density at radius 3 is 2.83 bits per heavy atom. The van der Waals surface area contributed by atoms with E-state index in [4.69, 9.17) is 16.3 Å². The Kier molecular flexibility index (Phi) is 5.04. The Hall–Kier alpha value is -2.08. The fourth-order valence-electron chi connectivity index (χ4n) is 2.75. The van der Waals surface area contributed by atoms with Crippen LogP contribution in [0.2, 0.25) is 5.02 Å². The molecule has 126 valence electrons. The third kappa shape index (κ3) is 3.70. The summed E-state index contributed by atoms with van der Waals surface area (Å²) in [5, 5.41) is 3.65. The van der Waals surface area contributed by atoms with E-state index < -0.39 is 0 Å². The van der Waals surface area contributed by atoms with E-state index in [2.05, 4.69) is 16.2 Å². The van der Waals surface area contributed by atoms with Crippen LogP contribution in [-0.4, -0.2) is 19.1 Å². The zero-order chi connectivity index (χ0) is 17.1. The van der Waals surface area contributed by atoms with Crippen molar-refractivity contribution in [1.29, 1.82) is 0 Å². The Morgan fingerprint density at radius 2 is 2.08 bits per heavy atom. The normalized spacial score (nSPS) is 20.0. The van der Waals surface area contributed by atoms with Crippen LogP contribution >= 0.6 is 11.6 Å². The van der Waals surface area contributed by atoms with Gasteiger partial charge in [0, 0.05) is 22.8 Å². The van der Waals surface area contributed by atoms with Gasteiger partial charge in [0.15, 0.2) is 0 Å². The minimum absolute atomic E-state index is 0.0471. The zero-order valence-corrected chi connectivity index (χ0v) is 14.4. The third-order valence-corrected chi connectivity index (χ3v) is 4.41. The van der Waals surface area contributed by atoms with E-state index in [9.17, 15) is 4.79 Å². The van der Waals surface area contributed by atoms with Gasteiger partial charge in [-0.15, -0.1) is 0 Å². The second kappa shape index (κ2) is 7.21. The largest absolute Gasteiger partial charge is 0.497 e. The molecule has 2 atom stereocenters. The smallest absolute Gasteiger partial charge is 0.242 e. The number of benzene rings is 2. The molecule has 1 amide bonds. The van der Waals surface area contributed by atoms with E-state index in [-0.39, 0.29) is 18.0 Å². The maximum atomic E-state index is 12.5. The minimum Gasteiger partial charge on any atom is -0.497 e. The SMILES string of the molecule is COc1ccc(C)c(NC(=O)C2CC(c3cccc(Cl)c3)NN2)c1. The van der Waals surface area contributed by atoms with Gasteiger partial charge in [-0.25, -0.2) is 10.9 Å². The molecule has 0 saturated carbocycles. The fourth-order valence-corrected chi connectivity index (χ4v) is 2.95. The van der Waals surface area contributed by atoms with Crippen molar-refractivity contribution in [1.82, 2.24) is 10.9 Å². The van der Waals surface area contributed by atoms with Gasteiger partial charge < -0.3 is 10.1 Å². The van der Waals surface area contributed by atoms with E-state index in [1.807, 2.05) is 49.4 Å². The van der Waals surface area contributed by atoms with Gasteiger partial charge in [-0.3, -0.25) is 4.79 Å². The van der Waals surface area contributed by atoms with Crippen LogP contribution in [0, 0.1) is 6.92 Å². The Balaban J connectivity index is 1.67. The number of hydrogen-bond donors (Lipinski definition) is 3. The predicted molar refractivity (Wildman–Crippen MR) is 95.2 cm³/mol. The van der Waals surface area contributed by atoms with Gasteiger partial charge in [0.2, 0.25) is 5.91 Å². The molecule has 3 rings (SSSR count). The lowest BCUT2D eigenvalue weighted by atomic mass is 10.0. The molecular weight excluding hydrogens is 326 g/mol. The molecule has 0 aromatic heterocycles. The topological polar surface area (TPSA) is 62.4 Å². The maximum absolute atomic E-state index is 12.5. The number of methoxy groups -OCH3 is 1. The van der Waals surface area contributed by atoms with Gasteiger partial charge in [-0.05, 0) is 42.7 Å². The Bertz CT molecular complexity index is 751. The van der Waals surface area contributed by atoms with E-state index in [0.29, 0.717) is 17.2 Å². The van der Waals surface area contributed by atoms with Crippen LogP contribution < -0.4 is 20.9 Å². The Morgan fingerprint density at radius 1 is 1.25 bits per heavy atom. The molecule has 2 unspecified atom stereocenters. The average molecular weight is 346 g/mol. The molecule has 6 heteroatoms. The molecule has 1 aliphatic rings. The molecule has 3 N–H and O–H groups in total. The molecule has 1 heterocycles. The standard InChI is InChI=1S/C18H20ClN3O2/c1-11-6-7-14(24-2)9-15(11)20-18(23)17-10-16(21-22-17)12-4-3-5-13(19)8-12/h3-9,16-17,21-22H,10H2,1-2H3,(H,20,23). The van der Waals surface area contributed by atoms with Crippen LogP contribution in [-0.2, 0) is 4.79 Å². The molecule has 1 fully saturated rings. The molecule has 24 heavy (non-hydrogen) atoms. The van der Waals surface area contributed by atoms with Crippen molar-refractivity contribution in [3.05, 3.63) is 58.6 Å². The molecule has 0 spiro atoms. The fraction of sp³-hybridized carbons (Fsp3) is 0.278. The van der Waals surface area contributed by atoms with Crippen molar-refractivity contribution < 1.29 is 9.53 Å². The molecule has 2 aromatic carbocycles. The van der Waals surface area contributed by atoms with Crippen molar-refractivity contribution in [2.75, 3.05) is 12.4 Å². The molecule has 1 saturated heterocycles. The summed E-state index contributed by atoms with van der Waals surface area (Å²) in [4.78, 5) is 12.5. The summed E-state index contributed by atoms with van der Waals surface area (Å²) in [6.45, 7) is 1.95. The van der Waals surface area contributed by atoms with E-state index in [0.717, 1.165) is 16.8 Å². The minimum atomic E-state index is -0.320. The van der Waals surface area contributed by atoms with Crippen molar-refractivity contribution in [3.8, 4) is 5.75 Å². The number of hydrogen-bond acceptors (Lipinski definition) is 4. The van der Waals surface area contributed by atoms with Crippen molar-refractivity contribution in [2.24, 2.45) is 0 Å². The quantitative estimate of drug-likeness (QED) is 0.796. The number of nitrogens with one attached hydrogen (secondary N) is 3. The molecule has 1 aliphatic heterocycles. The summed E-state index contributed by atoms with van der Waals surface area (Å²) in [6.07, 6.45) is 0.648. The van der Waals surface area contributed by atoms with Crippen molar-refractivity contribution in [2.45, 2.75) is 25.4 Å². The summed E-state index contributed by atoms with van der Waals surface area (Å²) in [5.74, 6) is 0.633. The highest BCUT2D eigenvalue weighted by molar-refractivity contribution is 6.30. The number of carbonyl (C=O) groups is 1. The lowest BCUT2D eigenvalue weighted by molar-refractivity contribution is -0.117. The lowest BCUT2D eigenvalue weighted by Gasteiger charge is -2.13. The number of hydrazine groups is 1. The summed E-state index contributed by atoms with van der Waals surface area (Å²) >= 11 is 6.04. The van der Waals surface area contributed by atoms with Crippen LogP contribution in [0.25, 0.3) is 0 Å². The summed E-state index contributed by atoms with van der Waals surface area (Å²) in [7, 11) is 1.61. The molecule has 0 bridgehead atoms. The molecule has 0 aliphatic carbocycles. The van der Waals surface area contributed by atoms with Crippen LogP contribution in [0.15, 0.2) is 42.5 Å². The summed E-state index contributed by atoms with van der Waals surface area (Å²) in [6, 6.07) is 13.0. The highest BCUT2D eigenvalue weighted by Crippen LogP contribution is 2.26. The van der Waals surface area contributed by atoms with Crippen LogP contribution in [0.4, 0.5) is 5.69 Å². The number of amides is 1. The molecule has 5 nitrogen and oxygen atoms in total. The van der Waals surface area contributed by atoms with Crippen molar-refractivity contribution >= 4 is 23.2 Å². The Labute approximate surface area is 146 Å². The highest BCUT2D eigenvalue weighted by Gasteiger charge is 2.30. The van der Waals surface area contributed by atoms with E-state index >= 15 is 0 Å². The van der Waals surface area contributed by atoms with Crippen LogP contribution in [0.5, 0.6) is 5.75 Å². The van der Waals surface area contributed by atoms with E-state index in [1.54, 1.807) is 7.11 Å². The predicted octanol–water partition coefficient (Wildman–Crippen LogP) is 3.20. The number of aryl methyl sites for hydroxylation is 1. The molecule has 2 aromatic rings. The monoisotopic (exact) mass is 345 g/mol. The first-order chi connectivity index (χ1) is 11.6. The van der Waals surface area contributed by atoms with Crippen molar-refractivity contribution in [3.63, 3.8) is 0 Å². The van der Waals surface area contributed by atoms with Gasteiger partial charge >= 0.3 is 0 Å². The summed E-state index contributed by atoms with van der Waals surface area (Å²) < 4.78 is 5.21. The number of carbonyl (C=O) groups excluding carboxylic acids is 1. The second-order valence-corrected chi connectivity index (χ2v) is 6.29. The first kappa shape index (κ1) is 16.8. The van der Waals surface area contributed by atoms with Gasteiger partial charge in [0.1, 0.15) is 11.8 Å². The second-order valence-electron chi connectivity index (χ2n) is 5.85. The maximum Gasteiger partial charge on any atom is 0.242 e. The van der Waals surface area contributed by atoms with Gasteiger partial charge in [0.05, 0.1) is 7.11 Å². The van der Waals surface area contributed by atoms with Crippen LogP contribution in [0.1, 0.15) is 23.6 Å². The third-order valence-electron chi connectivity index (χ3n) is 4.17. The van der Waals surface area contributed by atoms with E-state index in [1.165, 1.54) is 0 Å². The highest BCUT2D eigenvalue weighted by atomic mass is 35.5. The summed E-state index contributed by atoms with van der Waals surface area (Å²) in [5.41, 5.74) is 9.02. The molecule has 0 radical (unpaired) electrons. The number of anilines is 1. The zero-order valence-electron chi connectivity index (χ0n) is 13.6. The lowest BCUT2D eigenvalue weighted by Crippen LogP contribution is -2.39. The number of rotatable bonds is 4. The van der Waals surface area contributed by atoms with Crippen LogP contribution in [0.3, 0.4) is 0 Å². The first-order valence-electron chi connectivity index (χ1n) is 7.79. The van der Waals surface area contributed by atoms with Gasteiger partial charge in [0.25, 0.3) is 0 Å². The average Bonchev–Trinajstić information content (AvgIpc) is 3.07. The van der Waals surface area contributed by atoms with Gasteiger partial charge in [-0.1, -0.05) is 29.8 Å². The first-order valence-corrected chi connectivity index (χ1v) is 8.16. The number of ether oxygens (including phenoxy) is 1. The number of halogens is 1.